The molecule has 2 rings (SSSR count). The lowest BCUT2D eigenvalue weighted by molar-refractivity contribution is 0.0973. The standard InChI is InChI=1S/C17H17FO2/c1-20-16-12-6-10-14(18)17(16)15(19)11-5-9-13-7-3-2-4-8-13/h2-4,6-8,10,12H,5,9,11H2,1H3. The predicted molar refractivity (Wildman–Crippen MR) is 76.7 cm³/mol. The number of methoxy groups -OCH3 is 1. The molecule has 0 saturated carbocycles. The Morgan fingerprint density at radius 2 is 1.85 bits per heavy atom. The van der Waals surface area contributed by atoms with Crippen molar-refractivity contribution in [3.8, 4) is 5.75 Å². The Kier molecular flexibility index (Phi) is 4.88. The van der Waals surface area contributed by atoms with Crippen molar-refractivity contribution in [2.45, 2.75) is 19.3 Å². The highest BCUT2D eigenvalue weighted by atomic mass is 19.1. The van der Waals surface area contributed by atoms with Gasteiger partial charge in [0.05, 0.1) is 12.7 Å². The SMILES string of the molecule is COc1cccc(F)c1C(=O)CCCc1ccccc1. The number of hydrogen-bond acceptors (Lipinski definition) is 2. The zero-order chi connectivity index (χ0) is 14.4. The summed E-state index contributed by atoms with van der Waals surface area (Å²) in [6, 6.07) is 14.4. The van der Waals surface area contributed by atoms with E-state index in [0.29, 0.717) is 18.6 Å². The average molecular weight is 272 g/mol. The summed E-state index contributed by atoms with van der Waals surface area (Å²) in [5.41, 5.74) is 1.24. The van der Waals surface area contributed by atoms with Crippen molar-refractivity contribution >= 4 is 5.78 Å². The molecule has 3 heteroatoms. The summed E-state index contributed by atoms with van der Waals surface area (Å²) in [5, 5.41) is 0. The van der Waals surface area contributed by atoms with E-state index in [1.807, 2.05) is 30.3 Å². The van der Waals surface area contributed by atoms with E-state index < -0.39 is 5.82 Å². The van der Waals surface area contributed by atoms with Gasteiger partial charge in [0.2, 0.25) is 0 Å². The van der Waals surface area contributed by atoms with E-state index in [9.17, 15) is 9.18 Å². The quantitative estimate of drug-likeness (QED) is 0.742. The van der Waals surface area contributed by atoms with Crippen molar-refractivity contribution in [3.63, 3.8) is 0 Å². The second-order valence-corrected chi connectivity index (χ2v) is 4.58. The second-order valence-electron chi connectivity index (χ2n) is 4.58. The monoisotopic (exact) mass is 272 g/mol. The third-order valence-electron chi connectivity index (χ3n) is 3.19. The van der Waals surface area contributed by atoms with Crippen LogP contribution >= 0.6 is 0 Å². The summed E-state index contributed by atoms with van der Waals surface area (Å²) in [7, 11) is 1.44. The van der Waals surface area contributed by atoms with Gasteiger partial charge in [0, 0.05) is 6.42 Å². The first-order valence-corrected chi connectivity index (χ1v) is 6.62. The van der Waals surface area contributed by atoms with Crippen molar-refractivity contribution in [1.29, 1.82) is 0 Å². The first kappa shape index (κ1) is 14.3. The lowest BCUT2D eigenvalue weighted by Gasteiger charge is -2.08. The van der Waals surface area contributed by atoms with Crippen LogP contribution in [0.25, 0.3) is 0 Å². The molecule has 0 atom stereocenters. The van der Waals surface area contributed by atoms with E-state index in [-0.39, 0.29) is 11.3 Å². The van der Waals surface area contributed by atoms with E-state index in [1.165, 1.54) is 24.8 Å². The molecule has 0 saturated heterocycles. The first-order valence-electron chi connectivity index (χ1n) is 6.62. The van der Waals surface area contributed by atoms with Crippen molar-refractivity contribution in [2.75, 3.05) is 7.11 Å². The molecule has 0 aromatic heterocycles. The van der Waals surface area contributed by atoms with Crippen LogP contribution in [-0.2, 0) is 6.42 Å². The summed E-state index contributed by atoms with van der Waals surface area (Å²) in [6.07, 6.45) is 1.82. The van der Waals surface area contributed by atoms with Crippen LogP contribution in [0.5, 0.6) is 5.75 Å². The zero-order valence-electron chi connectivity index (χ0n) is 11.4. The molecule has 0 heterocycles. The molecule has 0 unspecified atom stereocenters. The molecule has 0 spiro atoms. The van der Waals surface area contributed by atoms with E-state index in [2.05, 4.69) is 0 Å². The number of Topliss-reactive ketones (excluding diaryl/α,β-unsaturated/α-hetero) is 1. The van der Waals surface area contributed by atoms with Crippen LogP contribution in [0.4, 0.5) is 4.39 Å². The fraction of sp³-hybridized carbons (Fsp3) is 0.235. The molecule has 104 valence electrons. The number of hydrogen-bond donors (Lipinski definition) is 0. The molecular formula is C17H17FO2. The molecule has 2 nitrogen and oxygen atoms in total. The topological polar surface area (TPSA) is 26.3 Å². The van der Waals surface area contributed by atoms with E-state index in [0.717, 1.165) is 6.42 Å². The normalized spacial score (nSPS) is 10.3. The van der Waals surface area contributed by atoms with Gasteiger partial charge in [-0.3, -0.25) is 4.79 Å². The Labute approximate surface area is 118 Å². The van der Waals surface area contributed by atoms with E-state index >= 15 is 0 Å². The molecule has 0 fully saturated rings. The van der Waals surface area contributed by atoms with Crippen LogP contribution < -0.4 is 4.74 Å². The number of carbonyl (C=O) groups is 1. The predicted octanol–water partition coefficient (Wildman–Crippen LogP) is 4.04. The highest BCUT2D eigenvalue weighted by Gasteiger charge is 2.16. The largest absolute Gasteiger partial charge is 0.496 e. The van der Waals surface area contributed by atoms with Gasteiger partial charge in [-0.25, -0.2) is 4.39 Å². The van der Waals surface area contributed by atoms with Gasteiger partial charge >= 0.3 is 0 Å². The Morgan fingerprint density at radius 1 is 1.10 bits per heavy atom. The maximum Gasteiger partial charge on any atom is 0.169 e. The van der Waals surface area contributed by atoms with Gasteiger partial charge in [-0.15, -0.1) is 0 Å². The highest BCUT2D eigenvalue weighted by molar-refractivity contribution is 5.98. The van der Waals surface area contributed by atoms with Crippen LogP contribution in [-0.4, -0.2) is 12.9 Å². The van der Waals surface area contributed by atoms with Crippen molar-refractivity contribution in [1.82, 2.24) is 0 Å². The molecular weight excluding hydrogens is 255 g/mol. The second kappa shape index (κ2) is 6.85. The summed E-state index contributed by atoms with van der Waals surface area (Å²) in [4.78, 5) is 12.1. The van der Waals surface area contributed by atoms with Crippen LogP contribution in [0.15, 0.2) is 48.5 Å². The number of halogens is 1. The maximum atomic E-state index is 13.7. The van der Waals surface area contributed by atoms with Crippen LogP contribution in [0.3, 0.4) is 0 Å². The third-order valence-corrected chi connectivity index (χ3v) is 3.19. The molecule has 0 aliphatic heterocycles. The summed E-state index contributed by atoms with van der Waals surface area (Å²) >= 11 is 0. The first-order chi connectivity index (χ1) is 9.72. The van der Waals surface area contributed by atoms with E-state index in [4.69, 9.17) is 4.74 Å². The molecule has 0 N–H and O–H groups in total. The molecule has 2 aromatic carbocycles. The minimum Gasteiger partial charge on any atom is -0.496 e. The fourth-order valence-corrected chi connectivity index (χ4v) is 2.17. The van der Waals surface area contributed by atoms with E-state index in [1.54, 1.807) is 6.07 Å². The average Bonchev–Trinajstić information content (AvgIpc) is 2.47. The lowest BCUT2D eigenvalue weighted by atomic mass is 10.0. The maximum absolute atomic E-state index is 13.7. The number of ether oxygens (including phenoxy) is 1. The smallest absolute Gasteiger partial charge is 0.169 e. The summed E-state index contributed by atoms with van der Waals surface area (Å²) in [5.74, 6) is -0.431. The Hall–Kier alpha value is -2.16. The minimum absolute atomic E-state index is 0.0584. The Balaban J connectivity index is 1.99. The molecule has 0 aliphatic carbocycles. The third kappa shape index (κ3) is 3.44. The van der Waals surface area contributed by atoms with Gasteiger partial charge in [0.25, 0.3) is 0 Å². The van der Waals surface area contributed by atoms with Crippen LogP contribution in [0, 0.1) is 5.82 Å². The van der Waals surface area contributed by atoms with Crippen molar-refractivity contribution in [2.24, 2.45) is 0 Å². The Morgan fingerprint density at radius 3 is 2.55 bits per heavy atom. The molecule has 0 radical (unpaired) electrons. The summed E-state index contributed by atoms with van der Waals surface area (Å²) in [6.45, 7) is 0. The van der Waals surface area contributed by atoms with Gasteiger partial charge in [-0.05, 0) is 30.5 Å². The van der Waals surface area contributed by atoms with Gasteiger partial charge in [-0.1, -0.05) is 36.4 Å². The lowest BCUT2D eigenvalue weighted by Crippen LogP contribution is -2.06. The number of benzene rings is 2. The number of aryl methyl sites for hydroxylation is 1. The number of ketones is 1. The Bertz CT molecular complexity index is 579. The van der Waals surface area contributed by atoms with Crippen molar-refractivity contribution in [3.05, 3.63) is 65.5 Å². The number of rotatable bonds is 6. The molecule has 0 bridgehead atoms. The van der Waals surface area contributed by atoms with Crippen molar-refractivity contribution < 1.29 is 13.9 Å². The highest BCUT2D eigenvalue weighted by Crippen LogP contribution is 2.23. The fourth-order valence-electron chi connectivity index (χ4n) is 2.17. The number of carbonyl (C=O) groups excluding carboxylic acids is 1. The van der Waals surface area contributed by atoms with Gasteiger partial charge in [0.1, 0.15) is 11.6 Å². The molecule has 0 aliphatic rings. The van der Waals surface area contributed by atoms with Crippen LogP contribution in [0.2, 0.25) is 0 Å². The minimum atomic E-state index is -0.519. The molecule has 20 heavy (non-hydrogen) atoms. The molecule has 2 aromatic rings. The molecule has 0 amide bonds. The zero-order valence-corrected chi connectivity index (χ0v) is 11.4. The van der Waals surface area contributed by atoms with Gasteiger partial charge in [-0.2, -0.15) is 0 Å². The van der Waals surface area contributed by atoms with Crippen LogP contribution in [0.1, 0.15) is 28.8 Å². The summed E-state index contributed by atoms with van der Waals surface area (Å²) < 4.78 is 18.8. The van der Waals surface area contributed by atoms with Gasteiger partial charge in [0.15, 0.2) is 5.78 Å². The van der Waals surface area contributed by atoms with Gasteiger partial charge < -0.3 is 4.74 Å².